The van der Waals surface area contributed by atoms with Crippen molar-refractivity contribution in [2.24, 2.45) is 0 Å². The van der Waals surface area contributed by atoms with E-state index < -0.39 is 30.8 Å². The highest BCUT2D eigenvalue weighted by Crippen LogP contribution is 2.16. The van der Waals surface area contributed by atoms with Gasteiger partial charge in [-0.05, 0) is 19.1 Å². The molecule has 0 spiro atoms. The molecule has 1 atom stereocenters. The number of ether oxygens (including phenoxy) is 1. The van der Waals surface area contributed by atoms with Crippen LogP contribution in [0.15, 0.2) is 29.6 Å². The van der Waals surface area contributed by atoms with E-state index in [2.05, 4.69) is 10.3 Å². The second kappa shape index (κ2) is 9.23. The topological polar surface area (TPSA) is 88.5 Å². The third-order valence-corrected chi connectivity index (χ3v) is 4.24. The number of carboxylic acid groups (broad SMARTS) is 1. The molecule has 0 bridgehead atoms. The maximum atomic E-state index is 12.3. The van der Waals surface area contributed by atoms with Crippen LogP contribution in [0.5, 0.6) is 5.75 Å². The van der Waals surface area contributed by atoms with Crippen molar-refractivity contribution in [1.82, 2.24) is 10.3 Å². The van der Waals surface area contributed by atoms with Crippen molar-refractivity contribution in [3.8, 4) is 5.75 Å². The Kier molecular flexibility index (Phi) is 7.02. The lowest BCUT2D eigenvalue weighted by atomic mass is 10.2. The number of amides is 1. The lowest BCUT2D eigenvalue weighted by Crippen LogP contribution is -2.42. The number of aryl methyl sites for hydroxylation is 1. The Morgan fingerprint density at radius 2 is 2.00 bits per heavy atom. The van der Waals surface area contributed by atoms with Crippen LogP contribution in [0.2, 0.25) is 0 Å². The van der Waals surface area contributed by atoms with Crippen LogP contribution in [0.3, 0.4) is 0 Å². The largest absolute Gasteiger partial charge is 0.486 e. The molecule has 0 fully saturated rings. The van der Waals surface area contributed by atoms with Crippen LogP contribution in [-0.4, -0.2) is 34.4 Å². The van der Waals surface area contributed by atoms with E-state index in [0.29, 0.717) is 16.5 Å². The third-order valence-electron chi connectivity index (χ3n) is 3.37. The van der Waals surface area contributed by atoms with Crippen LogP contribution in [-0.2, 0) is 22.6 Å². The standard InChI is InChI=1S/C17H18F2N2O4S/c1-10-2-4-12(5-3-10)25-8-16-20-11(9-26-16)6-15(22)21-13(17(23)24)7-14(18)19/h2-5,9,13-14H,6-8H2,1H3,(H,21,22)(H,23,24). The van der Waals surface area contributed by atoms with E-state index in [0.717, 1.165) is 5.56 Å². The monoisotopic (exact) mass is 384 g/mol. The zero-order chi connectivity index (χ0) is 19.1. The first-order valence-corrected chi connectivity index (χ1v) is 8.64. The highest BCUT2D eigenvalue weighted by molar-refractivity contribution is 7.09. The molecule has 0 saturated carbocycles. The summed E-state index contributed by atoms with van der Waals surface area (Å²) in [4.78, 5) is 27.0. The average molecular weight is 384 g/mol. The van der Waals surface area contributed by atoms with Crippen LogP contribution < -0.4 is 10.1 Å². The third kappa shape index (κ3) is 6.40. The summed E-state index contributed by atoms with van der Waals surface area (Å²) in [5, 5.41) is 13.2. The highest BCUT2D eigenvalue weighted by atomic mass is 32.1. The summed E-state index contributed by atoms with van der Waals surface area (Å²) in [6.45, 7) is 2.20. The molecule has 0 radical (unpaired) electrons. The first-order chi connectivity index (χ1) is 12.3. The van der Waals surface area contributed by atoms with E-state index in [-0.39, 0.29) is 13.0 Å². The number of aliphatic carboxylic acids is 1. The predicted molar refractivity (Wildman–Crippen MR) is 91.5 cm³/mol. The van der Waals surface area contributed by atoms with Gasteiger partial charge in [0.05, 0.1) is 12.1 Å². The first kappa shape index (κ1) is 19.8. The molecular weight excluding hydrogens is 366 g/mol. The molecule has 1 amide bonds. The summed E-state index contributed by atoms with van der Waals surface area (Å²) >= 11 is 1.30. The van der Waals surface area contributed by atoms with Crippen molar-refractivity contribution in [2.75, 3.05) is 0 Å². The van der Waals surface area contributed by atoms with Crippen molar-refractivity contribution >= 4 is 23.2 Å². The minimum atomic E-state index is -2.82. The molecule has 140 valence electrons. The fourth-order valence-electron chi connectivity index (χ4n) is 2.09. The summed E-state index contributed by atoms with van der Waals surface area (Å²) in [5.74, 6) is -1.47. The molecule has 1 aromatic carbocycles. The number of hydrogen-bond donors (Lipinski definition) is 2. The van der Waals surface area contributed by atoms with Gasteiger partial charge in [0, 0.05) is 11.8 Å². The second-order valence-electron chi connectivity index (χ2n) is 5.60. The van der Waals surface area contributed by atoms with Gasteiger partial charge in [0.2, 0.25) is 12.3 Å². The summed E-state index contributed by atoms with van der Waals surface area (Å²) in [7, 11) is 0. The molecular formula is C17H18F2N2O4S. The predicted octanol–water partition coefficient (Wildman–Crippen LogP) is 2.80. The van der Waals surface area contributed by atoms with Gasteiger partial charge in [0.25, 0.3) is 0 Å². The van der Waals surface area contributed by atoms with E-state index in [1.165, 1.54) is 11.3 Å². The zero-order valence-corrected chi connectivity index (χ0v) is 14.8. The number of carbonyl (C=O) groups is 2. The summed E-state index contributed by atoms with van der Waals surface area (Å²) < 4.78 is 30.3. The van der Waals surface area contributed by atoms with Gasteiger partial charge in [-0.2, -0.15) is 0 Å². The molecule has 9 heteroatoms. The smallest absolute Gasteiger partial charge is 0.326 e. The molecule has 2 aromatic rings. The van der Waals surface area contributed by atoms with Crippen LogP contribution in [0, 0.1) is 6.92 Å². The number of nitrogens with zero attached hydrogens (tertiary/aromatic N) is 1. The number of alkyl halides is 2. The molecule has 0 aliphatic carbocycles. The van der Waals surface area contributed by atoms with Crippen molar-refractivity contribution in [2.45, 2.75) is 38.8 Å². The normalized spacial score (nSPS) is 12.0. The van der Waals surface area contributed by atoms with Crippen molar-refractivity contribution in [3.63, 3.8) is 0 Å². The van der Waals surface area contributed by atoms with Gasteiger partial charge >= 0.3 is 5.97 Å². The number of carbonyl (C=O) groups excluding carboxylic acids is 1. The Morgan fingerprint density at radius 1 is 1.31 bits per heavy atom. The molecule has 2 rings (SSSR count). The van der Waals surface area contributed by atoms with E-state index in [4.69, 9.17) is 9.84 Å². The molecule has 26 heavy (non-hydrogen) atoms. The number of rotatable bonds is 9. The number of nitrogens with one attached hydrogen (secondary N) is 1. The second-order valence-corrected chi connectivity index (χ2v) is 6.54. The average Bonchev–Trinajstić information content (AvgIpc) is 3.00. The number of benzene rings is 1. The van der Waals surface area contributed by atoms with E-state index >= 15 is 0 Å². The SMILES string of the molecule is Cc1ccc(OCc2nc(CC(=O)NC(CC(F)F)C(=O)O)cs2)cc1. The number of aromatic nitrogens is 1. The molecule has 1 heterocycles. The minimum Gasteiger partial charge on any atom is -0.486 e. The van der Waals surface area contributed by atoms with Gasteiger partial charge in [0.1, 0.15) is 23.4 Å². The van der Waals surface area contributed by atoms with E-state index in [1.807, 2.05) is 31.2 Å². The van der Waals surface area contributed by atoms with Gasteiger partial charge in [-0.25, -0.2) is 18.6 Å². The highest BCUT2D eigenvalue weighted by Gasteiger charge is 2.24. The molecule has 1 aromatic heterocycles. The molecule has 0 saturated heterocycles. The Bertz CT molecular complexity index is 749. The van der Waals surface area contributed by atoms with Gasteiger partial charge < -0.3 is 15.2 Å². The van der Waals surface area contributed by atoms with Crippen molar-refractivity contribution in [1.29, 1.82) is 0 Å². The number of carboxylic acids is 1. The van der Waals surface area contributed by atoms with Gasteiger partial charge in [-0.3, -0.25) is 4.79 Å². The Labute approximate surface area is 152 Å². The fourth-order valence-corrected chi connectivity index (χ4v) is 2.79. The zero-order valence-electron chi connectivity index (χ0n) is 13.9. The van der Waals surface area contributed by atoms with Gasteiger partial charge in [-0.1, -0.05) is 17.7 Å². The Morgan fingerprint density at radius 3 is 2.62 bits per heavy atom. The maximum absolute atomic E-state index is 12.3. The van der Waals surface area contributed by atoms with Gasteiger partial charge in [0.15, 0.2) is 0 Å². The van der Waals surface area contributed by atoms with Crippen LogP contribution in [0.4, 0.5) is 8.78 Å². The molecule has 6 nitrogen and oxygen atoms in total. The molecule has 0 aliphatic rings. The summed E-state index contributed by atoms with van der Waals surface area (Å²) in [5.41, 5.74) is 1.54. The summed E-state index contributed by atoms with van der Waals surface area (Å²) in [6.07, 6.45) is -3.94. The number of hydrogen-bond acceptors (Lipinski definition) is 5. The quantitative estimate of drug-likeness (QED) is 0.694. The van der Waals surface area contributed by atoms with Crippen molar-refractivity contribution < 1.29 is 28.2 Å². The van der Waals surface area contributed by atoms with E-state index in [1.54, 1.807) is 5.38 Å². The minimum absolute atomic E-state index is 0.186. The first-order valence-electron chi connectivity index (χ1n) is 7.76. The lowest BCUT2D eigenvalue weighted by molar-refractivity contribution is -0.142. The molecule has 0 aliphatic heterocycles. The molecule has 1 unspecified atom stereocenters. The Hall–Kier alpha value is -2.55. The fraction of sp³-hybridized carbons (Fsp3) is 0.353. The Balaban J connectivity index is 1.85. The number of halogens is 2. The maximum Gasteiger partial charge on any atom is 0.326 e. The van der Waals surface area contributed by atoms with Crippen LogP contribution >= 0.6 is 11.3 Å². The van der Waals surface area contributed by atoms with Crippen LogP contribution in [0.25, 0.3) is 0 Å². The van der Waals surface area contributed by atoms with E-state index in [9.17, 15) is 18.4 Å². The summed E-state index contributed by atoms with van der Waals surface area (Å²) in [6, 6.07) is 5.90. The lowest BCUT2D eigenvalue weighted by Gasteiger charge is -2.13. The number of thiazole rings is 1. The van der Waals surface area contributed by atoms with Gasteiger partial charge in [-0.15, -0.1) is 11.3 Å². The molecule has 2 N–H and O–H groups in total. The van der Waals surface area contributed by atoms with Crippen LogP contribution in [0.1, 0.15) is 22.7 Å². The van der Waals surface area contributed by atoms with Crippen molar-refractivity contribution in [3.05, 3.63) is 45.9 Å².